The number of carbonyl (C=O) groups excluding carboxylic acids is 3. The van der Waals surface area contributed by atoms with Gasteiger partial charge in [0, 0.05) is 19.6 Å². The summed E-state index contributed by atoms with van der Waals surface area (Å²) in [7, 11) is 0. The van der Waals surface area contributed by atoms with E-state index in [1.807, 2.05) is 20.8 Å². The second-order valence-electron chi connectivity index (χ2n) is 4.30. The quantitative estimate of drug-likeness (QED) is 0.499. The van der Waals surface area contributed by atoms with Crippen molar-refractivity contribution in [2.45, 2.75) is 47.1 Å². The van der Waals surface area contributed by atoms with Gasteiger partial charge in [-0.25, -0.2) is 0 Å². The van der Waals surface area contributed by atoms with Crippen LogP contribution in [0.4, 0.5) is 0 Å². The number of nitrogens with one attached hydrogen (secondary N) is 3. The maximum absolute atomic E-state index is 9.29. The maximum atomic E-state index is 9.29. The zero-order valence-corrected chi connectivity index (χ0v) is 17.2. The molecule has 7 nitrogen and oxygen atoms in total. The molecule has 0 fully saturated rings. The van der Waals surface area contributed by atoms with Gasteiger partial charge in [-0.05, 0) is 20.8 Å². The van der Waals surface area contributed by atoms with Crippen LogP contribution in [0, 0.1) is 0 Å². The SMILES string of the molecule is CC(C)(C)[N]=[Ta].CCNC=O.CCNC=O.CCNC=O. The van der Waals surface area contributed by atoms with E-state index in [0.717, 1.165) is 40.5 Å². The third kappa shape index (κ3) is 86.1. The van der Waals surface area contributed by atoms with Gasteiger partial charge in [0.15, 0.2) is 0 Å². The molecule has 0 aliphatic carbocycles. The number of hydrogen-bond donors (Lipinski definition) is 3. The van der Waals surface area contributed by atoms with Crippen molar-refractivity contribution in [3.05, 3.63) is 0 Å². The van der Waals surface area contributed by atoms with Crippen molar-refractivity contribution in [2.75, 3.05) is 19.6 Å². The predicted molar refractivity (Wildman–Crippen MR) is 81.4 cm³/mol. The second-order valence-corrected chi connectivity index (χ2v) is 5.02. The zero-order chi connectivity index (χ0) is 17.6. The van der Waals surface area contributed by atoms with Crippen LogP contribution in [-0.2, 0) is 35.3 Å². The molecule has 21 heavy (non-hydrogen) atoms. The molecule has 0 saturated heterocycles. The minimum atomic E-state index is 0.216. The van der Waals surface area contributed by atoms with Crippen LogP contribution in [-0.4, -0.2) is 44.4 Å². The van der Waals surface area contributed by atoms with E-state index in [4.69, 9.17) is 0 Å². The molecule has 0 aromatic carbocycles. The molecule has 3 amide bonds. The minimum absolute atomic E-state index is 0.216. The number of nitrogens with zero attached hydrogens (tertiary/aromatic N) is 1. The first-order valence-electron chi connectivity index (χ1n) is 6.68. The van der Waals surface area contributed by atoms with Crippen LogP contribution in [0.3, 0.4) is 0 Å². The van der Waals surface area contributed by atoms with Crippen LogP contribution in [0.5, 0.6) is 0 Å². The Labute approximate surface area is 140 Å². The smallest absolute Gasteiger partial charge is 0.207 e. The van der Waals surface area contributed by atoms with Crippen molar-refractivity contribution in [3.8, 4) is 0 Å². The Kier molecular flexibility index (Phi) is 36.6. The molecule has 0 unspecified atom stereocenters. The zero-order valence-electron chi connectivity index (χ0n) is 14.0. The summed E-state index contributed by atoms with van der Waals surface area (Å²) in [5.41, 5.74) is 0.216. The number of rotatable bonds is 6. The third-order valence-electron chi connectivity index (χ3n) is 1.16. The van der Waals surface area contributed by atoms with E-state index >= 15 is 0 Å². The molecule has 3 N–H and O–H groups in total. The number of carbonyl (C=O) groups is 3. The predicted octanol–water partition coefficient (Wildman–Crippen LogP) is 0.772. The van der Waals surface area contributed by atoms with Crippen molar-refractivity contribution in [2.24, 2.45) is 3.34 Å². The Balaban J connectivity index is -0.0000000921. The fraction of sp³-hybridized carbons (Fsp3) is 0.769. The summed E-state index contributed by atoms with van der Waals surface area (Å²) in [6.07, 6.45) is 2.04. The van der Waals surface area contributed by atoms with Gasteiger partial charge in [0.05, 0.1) is 0 Å². The van der Waals surface area contributed by atoms with Gasteiger partial charge in [0.2, 0.25) is 19.2 Å². The normalized spacial score (nSPS) is 7.86. The van der Waals surface area contributed by atoms with Crippen LogP contribution >= 0.6 is 0 Å². The van der Waals surface area contributed by atoms with Crippen molar-refractivity contribution >= 4 is 19.2 Å². The van der Waals surface area contributed by atoms with Crippen molar-refractivity contribution < 1.29 is 35.3 Å². The molecule has 0 aromatic rings. The van der Waals surface area contributed by atoms with E-state index in [1.54, 1.807) is 0 Å². The number of hydrogen-bond acceptors (Lipinski definition) is 4. The van der Waals surface area contributed by atoms with E-state index in [0.29, 0.717) is 19.2 Å². The summed E-state index contributed by atoms with van der Waals surface area (Å²) in [4.78, 5) is 27.9. The van der Waals surface area contributed by atoms with Gasteiger partial charge in [-0.15, -0.1) is 0 Å². The molecule has 0 spiro atoms. The molecule has 0 aliphatic rings. The van der Waals surface area contributed by atoms with Gasteiger partial charge in [0.1, 0.15) is 0 Å². The first-order chi connectivity index (χ1) is 9.80. The third-order valence-corrected chi connectivity index (χ3v) is 3.32. The van der Waals surface area contributed by atoms with Gasteiger partial charge >= 0.3 is 50.5 Å². The van der Waals surface area contributed by atoms with E-state index in [1.165, 1.54) is 0 Å². The molecule has 0 radical (unpaired) electrons. The summed E-state index contributed by atoms with van der Waals surface area (Å²) in [6, 6.07) is 0. The van der Waals surface area contributed by atoms with Crippen LogP contribution < -0.4 is 16.0 Å². The monoisotopic (exact) mass is 471 g/mol. The van der Waals surface area contributed by atoms with Gasteiger partial charge in [-0.2, -0.15) is 0 Å². The van der Waals surface area contributed by atoms with Crippen molar-refractivity contribution in [1.82, 2.24) is 16.0 Å². The number of amides is 3. The average molecular weight is 471 g/mol. The molecule has 0 rings (SSSR count). The van der Waals surface area contributed by atoms with Gasteiger partial charge in [-0.1, -0.05) is 0 Å². The Hall–Kier alpha value is -1.05. The summed E-state index contributed by atoms with van der Waals surface area (Å²) in [6.45, 7) is 14.1. The second kappa shape index (κ2) is 27.3. The molecule has 125 valence electrons. The first-order valence-corrected chi connectivity index (χ1v) is 8.12. The summed E-state index contributed by atoms with van der Waals surface area (Å²) in [5, 5.41) is 7.29. The van der Waals surface area contributed by atoms with Crippen LogP contribution in [0.2, 0.25) is 0 Å². The molecule has 0 aromatic heterocycles. The molecule has 0 saturated carbocycles. The van der Waals surface area contributed by atoms with E-state index < -0.39 is 0 Å². The Morgan fingerprint density at radius 3 is 1.00 bits per heavy atom. The molecular weight excluding hydrogens is 441 g/mol. The van der Waals surface area contributed by atoms with Crippen molar-refractivity contribution in [3.63, 3.8) is 0 Å². The van der Waals surface area contributed by atoms with Crippen LogP contribution in [0.25, 0.3) is 0 Å². The van der Waals surface area contributed by atoms with Crippen LogP contribution in [0.15, 0.2) is 3.34 Å². The van der Waals surface area contributed by atoms with Crippen molar-refractivity contribution in [1.29, 1.82) is 0 Å². The maximum Gasteiger partial charge on any atom is 0.207 e. The molecule has 0 atom stereocenters. The van der Waals surface area contributed by atoms with Gasteiger partial charge < -0.3 is 16.0 Å². The molecular formula is C13H30N4O3Ta. The topological polar surface area (TPSA) is 99.7 Å². The van der Waals surface area contributed by atoms with Crippen LogP contribution in [0.1, 0.15) is 41.5 Å². The Morgan fingerprint density at radius 1 is 0.810 bits per heavy atom. The minimum Gasteiger partial charge on any atom is -0.359 e. The van der Waals surface area contributed by atoms with Gasteiger partial charge in [-0.3, -0.25) is 14.4 Å². The molecule has 0 bridgehead atoms. The van der Waals surface area contributed by atoms with E-state index in [2.05, 4.69) is 40.1 Å². The average Bonchev–Trinajstić information content (AvgIpc) is 2.43. The van der Waals surface area contributed by atoms with Gasteiger partial charge in [0.25, 0.3) is 0 Å². The Morgan fingerprint density at radius 2 is 1.00 bits per heavy atom. The summed E-state index contributed by atoms with van der Waals surface area (Å²) < 4.78 is 4.13. The summed E-state index contributed by atoms with van der Waals surface area (Å²) in [5.74, 6) is 0. The summed E-state index contributed by atoms with van der Waals surface area (Å²) >= 11 is 1.15. The molecule has 0 heterocycles. The van der Waals surface area contributed by atoms with E-state index in [9.17, 15) is 14.4 Å². The Bertz CT molecular complexity index is 210. The standard InChI is InChI=1S/C4H9N.3C3H7NO.Ta/c1-4(2,3)5;3*1-2-4-3-5;/h1-3H3;3*3H,2H2,1H3,(H,4,5);. The van der Waals surface area contributed by atoms with E-state index in [-0.39, 0.29) is 5.54 Å². The fourth-order valence-corrected chi connectivity index (χ4v) is 0.250. The molecule has 8 heteroatoms. The largest absolute Gasteiger partial charge is 0.359 e. The molecule has 0 aliphatic heterocycles. The first kappa shape index (κ1) is 28.2. The fourth-order valence-electron chi connectivity index (χ4n) is 0.250.